The molecule has 8 nitrogen and oxygen atoms in total. The van der Waals surface area contributed by atoms with Crippen molar-refractivity contribution in [2.45, 2.75) is 25.9 Å². The molecular weight excluding hydrogens is 464 g/mol. The van der Waals surface area contributed by atoms with Crippen LogP contribution in [0.3, 0.4) is 0 Å². The molecule has 0 radical (unpaired) electrons. The molecular formula is C23H23ClN4O4S. The molecule has 1 N–H and O–H groups in total. The smallest absolute Gasteiger partial charge is 0.236 e. The van der Waals surface area contributed by atoms with Gasteiger partial charge < -0.3 is 9.47 Å². The van der Waals surface area contributed by atoms with E-state index in [2.05, 4.69) is 20.8 Å². The summed E-state index contributed by atoms with van der Waals surface area (Å²) in [6.07, 6.45) is 2.49. The van der Waals surface area contributed by atoms with Gasteiger partial charge in [-0.05, 0) is 41.5 Å². The number of anilines is 1. The van der Waals surface area contributed by atoms with Crippen LogP contribution in [-0.2, 0) is 22.0 Å². The van der Waals surface area contributed by atoms with Crippen molar-refractivity contribution in [1.29, 1.82) is 5.26 Å². The van der Waals surface area contributed by atoms with Gasteiger partial charge in [-0.1, -0.05) is 37.6 Å². The number of nitrogens with one attached hydrogen (secondary N) is 1. The molecule has 33 heavy (non-hydrogen) atoms. The Kier molecular flexibility index (Phi) is 7.10. The van der Waals surface area contributed by atoms with Gasteiger partial charge in [-0.25, -0.2) is 18.4 Å². The lowest BCUT2D eigenvalue weighted by molar-refractivity contribution is 0.301. The van der Waals surface area contributed by atoms with Gasteiger partial charge >= 0.3 is 0 Å². The Morgan fingerprint density at radius 1 is 1.15 bits per heavy atom. The van der Waals surface area contributed by atoms with Gasteiger partial charge in [-0.15, -0.1) is 0 Å². The van der Waals surface area contributed by atoms with Crippen LogP contribution in [0.1, 0.15) is 36.2 Å². The van der Waals surface area contributed by atoms with Crippen LogP contribution < -0.4 is 14.2 Å². The minimum absolute atomic E-state index is 0.00871. The minimum Gasteiger partial charge on any atom is -0.494 e. The standard InChI is InChI=1S/C23H23ClN4O4S/c1-23(2,17-11-15(13-25)21(31-3)20(24)12-17)16-5-7-19(8-6-16)32-14-18-9-10-26-22(27-18)28-33(4,29)30/h5-12H,14H2,1-4H3,(H,26,27,28). The van der Waals surface area contributed by atoms with E-state index in [4.69, 9.17) is 21.1 Å². The zero-order valence-electron chi connectivity index (χ0n) is 18.6. The van der Waals surface area contributed by atoms with Crippen molar-refractivity contribution in [3.8, 4) is 17.6 Å². The van der Waals surface area contributed by atoms with Crippen LogP contribution in [0.5, 0.6) is 11.5 Å². The summed E-state index contributed by atoms with van der Waals surface area (Å²) in [6, 6.07) is 14.9. The van der Waals surface area contributed by atoms with E-state index in [1.807, 2.05) is 44.2 Å². The third-order valence-electron chi connectivity index (χ3n) is 5.04. The van der Waals surface area contributed by atoms with E-state index in [1.54, 1.807) is 12.1 Å². The first-order chi connectivity index (χ1) is 15.5. The van der Waals surface area contributed by atoms with Crippen LogP contribution in [0.4, 0.5) is 5.95 Å². The zero-order valence-corrected chi connectivity index (χ0v) is 20.2. The first kappa shape index (κ1) is 24.3. The van der Waals surface area contributed by atoms with Crippen LogP contribution in [0.25, 0.3) is 0 Å². The summed E-state index contributed by atoms with van der Waals surface area (Å²) in [7, 11) is -1.98. The van der Waals surface area contributed by atoms with E-state index >= 15 is 0 Å². The summed E-state index contributed by atoms with van der Waals surface area (Å²) in [5.74, 6) is 0.976. The second-order valence-corrected chi connectivity index (χ2v) is 9.99. The molecule has 0 aliphatic rings. The lowest BCUT2D eigenvalue weighted by atomic mass is 9.77. The van der Waals surface area contributed by atoms with Gasteiger partial charge in [-0.3, -0.25) is 4.72 Å². The molecule has 0 aliphatic heterocycles. The van der Waals surface area contributed by atoms with Crippen LogP contribution in [0.15, 0.2) is 48.7 Å². The Morgan fingerprint density at radius 2 is 1.85 bits per heavy atom. The Bertz CT molecular complexity index is 1300. The van der Waals surface area contributed by atoms with Gasteiger partial charge in [0.25, 0.3) is 0 Å². The number of benzene rings is 2. The largest absolute Gasteiger partial charge is 0.494 e. The maximum Gasteiger partial charge on any atom is 0.236 e. The molecule has 0 unspecified atom stereocenters. The highest BCUT2D eigenvalue weighted by atomic mass is 35.5. The van der Waals surface area contributed by atoms with E-state index in [9.17, 15) is 13.7 Å². The molecule has 3 aromatic rings. The first-order valence-corrected chi connectivity index (χ1v) is 12.1. The first-order valence-electron chi connectivity index (χ1n) is 9.84. The van der Waals surface area contributed by atoms with Crippen molar-refractivity contribution in [2.24, 2.45) is 0 Å². The fourth-order valence-electron chi connectivity index (χ4n) is 3.23. The van der Waals surface area contributed by atoms with Gasteiger partial charge in [0, 0.05) is 11.6 Å². The van der Waals surface area contributed by atoms with E-state index < -0.39 is 15.4 Å². The van der Waals surface area contributed by atoms with Gasteiger partial charge in [0.15, 0.2) is 5.75 Å². The summed E-state index contributed by atoms with van der Waals surface area (Å²) in [5.41, 5.74) is 2.35. The van der Waals surface area contributed by atoms with Crippen molar-refractivity contribution < 1.29 is 17.9 Å². The Balaban J connectivity index is 1.76. The van der Waals surface area contributed by atoms with Crippen molar-refractivity contribution in [1.82, 2.24) is 9.97 Å². The molecule has 0 saturated carbocycles. The highest BCUT2D eigenvalue weighted by Gasteiger charge is 2.26. The van der Waals surface area contributed by atoms with Crippen molar-refractivity contribution in [3.63, 3.8) is 0 Å². The SMILES string of the molecule is COc1c(Cl)cc(C(C)(C)c2ccc(OCc3ccnc(NS(C)(=O)=O)n3)cc2)cc1C#N. The number of ether oxygens (including phenoxy) is 2. The maximum absolute atomic E-state index is 11.3. The Morgan fingerprint density at radius 3 is 2.45 bits per heavy atom. The maximum atomic E-state index is 11.3. The highest BCUT2D eigenvalue weighted by Crippen LogP contribution is 2.38. The predicted octanol–water partition coefficient (Wildman–Crippen LogP) is 4.29. The molecule has 0 fully saturated rings. The monoisotopic (exact) mass is 486 g/mol. The number of aromatic nitrogens is 2. The molecule has 3 rings (SSSR count). The Hall–Kier alpha value is -3.35. The summed E-state index contributed by atoms with van der Waals surface area (Å²) in [6.45, 7) is 4.22. The molecule has 1 aromatic heterocycles. The quantitative estimate of drug-likeness (QED) is 0.505. The number of hydrogen-bond acceptors (Lipinski definition) is 7. The van der Waals surface area contributed by atoms with E-state index in [-0.39, 0.29) is 12.6 Å². The Labute approximate surface area is 198 Å². The number of halogens is 1. The molecule has 2 aromatic carbocycles. The number of nitrogens with zero attached hydrogens (tertiary/aromatic N) is 3. The number of methoxy groups -OCH3 is 1. The number of sulfonamides is 1. The van der Waals surface area contributed by atoms with Gasteiger partial charge in [0.05, 0.1) is 29.6 Å². The summed E-state index contributed by atoms with van der Waals surface area (Å²) >= 11 is 6.33. The number of nitriles is 1. The zero-order chi connectivity index (χ0) is 24.2. The summed E-state index contributed by atoms with van der Waals surface area (Å²) in [5, 5.41) is 9.83. The second kappa shape index (κ2) is 9.65. The summed E-state index contributed by atoms with van der Waals surface area (Å²) < 4.78 is 35.9. The van der Waals surface area contributed by atoms with Gasteiger partial charge in [0.1, 0.15) is 18.4 Å². The molecule has 0 saturated heterocycles. The molecule has 172 valence electrons. The van der Waals surface area contributed by atoms with Crippen molar-refractivity contribution >= 4 is 27.6 Å². The fourth-order valence-corrected chi connectivity index (χ4v) is 3.95. The van der Waals surface area contributed by atoms with E-state index in [0.717, 1.165) is 17.4 Å². The van der Waals surface area contributed by atoms with Crippen LogP contribution in [-0.4, -0.2) is 31.8 Å². The third kappa shape index (κ3) is 5.92. The molecule has 0 atom stereocenters. The van der Waals surface area contributed by atoms with Crippen LogP contribution in [0.2, 0.25) is 5.02 Å². The second-order valence-electron chi connectivity index (χ2n) is 7.83. The normalized spacial score (nSPS) is 11.5. The van der Waals surface area contributed by atoms with Crippen molar-refractivity contribution in [3.05, 3.63) is 76.1 Å². The molecule has 0 aliphatic carbocycles. The average molecular weight is 487 g/mol. The highest BCUT2D eigenvalue weighted by molar-refractivity contribution is 7.91. The van der Waals surface area contributed by atoms with Gasteiger partial charge in [0.2, 0.25) is 16.0 Å². The lowest BCUT2D eigenvalue weighted by Gasteiger charge is -2.27. The number of rotatable bonds is 8. The lowest BCUT2D eigenvalue weighted by Crippen LogP contribution is -2.19. The van der Waals surface area contributed by atoms with Crippen LogP contribution >= 0.6 is 11.6 Å². The van der Waals surface area contributed by atoms with Crippen molar-refractivity contribution in [2.75, 3.05) is 18.1 Å². The fraction of sp³-hybridized carbons (Fsp3) is 0.261. The number of hydrogen-bond donors (Lipinski definition) is 1. The minimum atomic E-state index is -3.46. The molecule has 0 amide bonds. The topological polar surface area (TPSA) is 114 Å². The molecule has 1 heterocycles. The molecule has 0 spiro atoms. The predicted molar refractivity (Wildman–Crippen MR) is 126 cm³/mol. The van der Waals surface area contributed by atoms with Gasteiger partial charge in [-0.2, -0.15) is 5.26 Å². The van der Waals surface area contributed by atoms with E-state index in [1.165, 1.54) is 13.3 Å². The molecule has 0 bridgehead atoms. The average Bonchev–Trinajstić information content (AvgIpc) is 2.76. The molecule has 10 heteroatoms. The third-order valence-corrected chi connectivity index (χ3v) is 5.88. The summed E-state index contributed by atoms with van der Waals surface area (Å²) in [4.78, 5) is 8.02. The van der Waals surface area contributed by atoms with Crippen LogP contribution in [0, 0.1) is 11.3 Å². The van der Waals surface area contributed by atoms with E-state index in [0.29, 0.717) is 27.8 Å².